The molecule has 0 aromatic carbocycles. The fourth-order valence-electron chi connectivity index (χ4n) is 1.14. The molecule has 1 heterocycles. The highest BCUT2D eigenvalue weighted by Gasteiger charge is 2.25. The molecule has 0 aromatic heterocycles. The van der Waals surface area contributed by atoms with E-state index in [4.69, 9.17) is 14.6 Å². The van der Waals surface area contributed by atoms with Crippen LogP contribution in [0, 0.1) is 0 Å². The Morgan fingerprint density at radius 3 is 2.80 bits per heavy atom. The Bertz CT molecular complexity index is 103. The molecule has 0 aromatic rings. The first kappa shape index (κ1) is 7.98. The quantitative estimate of drug-likeness (QED) is 0.577. The summed E-state index contributed by atoms with van der Waals surface area (Å²) in [6, 6.07) is 0. The van der Waals surface area contributed by atoms with Crippen molar-refractivity contribution in [1.29, 1.82) is 0 Å². The van der Waals surface area contributed by atoms with Crippen molar-refractivity contribution in [3.8, 4) is 0 Å². The molecule has 3 nitrogen and oxygen atoms in total. The number of hydrogen-bond acceptors (Lipinski definition) is 3. The molecule has 0 radical (unpaired) electrons. The Balaban J connectivity index is 2.26. The van der Waals surface area contributed by atoms with Crippen LogP contribution in [0.25, 0.3) is 0 Å². The third-order valence-electron chi connectivity index (χ3n) is 1.68. The summed E-state index contributed by atoms with van der Waals surface area (Å²) in [5, 5.41) is 8.85. The van der Waals surface area contributed by atoms with Crippen molar-refractivity contribution in [2.24, 2.45) is 0 Å². The summed E-state index contributed by atoms with van der Waals surface area (Å²) in [5.41, 5.74) is 0. The summed E-state index contributed by atoms with van der Waals surface area (Å²) in [4.78, 5) is 0. The number of ether oxygens (including phenoxy) is 2. The predicted molar refractivity (Wildman–Crippen MR) is 36.6 cm³/mol. The average Bonchev–Trinajstić information content (AvgIpc) is 2.15. The van der Waals surface area contributed by atoms with E-state index in [1.54, 1.807) is 6.92 Å². The molecule has 3 atom stereocenters. The van der Waals surface area contributed by atoms with Crippen LogP contribution in [0.5, 0.6) is 0 Å². The van der Waals surface area contributed by atoms with Gasteiger partial charge in [-0.3, -0.25) is 0 Å². The standard InChI is InChI=1S/C7H14O3/c1-5-7(3-4-9-5)10-6(2)8/h5-8H,3-4H2,1-2H3/t5?,6?,7-/m1/s1. The van der Waals surface area contributed by atoms with Crippen molar-refractivity contribution in [3.05, 3.63) is 0 Å². The van der Waals surface area contributed by atoms with Crippen LogP contribution < -0.4 is 0 Å². The monoisotopic (exact) mass is 146 g/mol. The molecule has 1 aliphatic heterocycles. The summed E-state index contributed by atoms with van der Waals surface area (Å²) < 4.78 is 10.4. The summed E-state index contributed by atoms with van der Waals surface area (Å²) in [5.74, 6) is 0. The van der Waals surface area contributed by atoms with Gasteiger partial charge in [0, 0.05) is 6.61 Å². The van der Waals surface area contributed by atoms with E-state index in [0.717, 1.165) is 13.0 Å². The lowest BCUT2D eigenvalue weighted by Gasteiger charge is -2.16. The summed E-state index contributed by atoms with van der Waals surface area (Å²) in [6.07, 6.45) is 0.440. The maximum absolute atomic E-state index is 8.85. The van der Waals surface area contributed by atoms with E-state index in [0.29, 0.717) is 0 Å². The van der Waals surface area contributed by atoms with Gasteiger partial charge in [-0.05, 0) is 20.3 Å². The van der Waals surface area contributed by atoms with Gasteiger partial charge in [-0.15, -0.1) is 0 Å². The molecule has 0 amide bonds. The lowest BCUT2D eigenvalue weighted by atomic mass is 10.2. The molecule has 3 heteroatoms. The Hall–Kier alpha value is -0.120. The molecule has 10 heavy (non-hydrogen) atoms. The molecule has 1 rings (SSSR count). The van der Waals surface area contributed by atoms with Crippen molar-refractivity contribution < 1.29 is 14.6 Å². The minimum atomic E-state index is -0.672. The van der Waals surface area contributed by atoms with E-state index in [9.17, 15) is 0 Å². The van der Waals surface area contributed by atoms with Gasteiger partial charge < -0.3 is 14.6 Å². The van der Waals surface area contributed by atoms with Crippen LogP contribution in [0.4, 0.5) is 0 Å². The third kappa shape index (κ3) is 1.94. The van der Waals surface area contributed by atoms with E-state index in [1.165, 1.54) is 0 Å². The van der Waals surface area contributed by atoms with Gasteiger partial charge in [0.25, 0.3) is 0 Å². The number of aliphatic hydroxyl groups is 1. The summed E-state index contributed by atoms with van der Waals surface area (Å²) in [6.45, 7) is 4.32. The Morgan fingerprint density at radius 2 is 2.40 bits per heavy atom. The van der Waals surface area contributed by atoms with Crippen LogP contribution in [0.1, 0.15) is 20.3 Å². The van der Waals surface area contributed by atoms with Gasteiger partial charge >= 0.3 is 0 Å². The first-order chi connectivity index (χ1) is 4.70. The Kier molecular flexibility index (Phi) is 2.65. The fourth-order valence-corrected chi connectivity index (χ4v) is 1.14. The highest BCUT2D eigenvalue weighted by atomic mass is 16.6. The molecule has 1 saturated heterocycles. The Labute approximate surface area is 60.9 Å². The van der Waals surface area contributed by atoms with Crippen LogP contribution in [-0.4, -0.2) is 30.2 Å². The van der Waals surface area contributed by atoms with Crippen molar-refractivity contribution in [1.82, 2.24) is 0 Å². The maximum atomic E-state index is 8.85. The van der Waals surface area contributed by atoms with Crippen molar-refractivity contribution in [3.63, 3.8) is 0 Å². The van der Waals surface area contributed by atoms with E-state index >= 15 is 0 Å². The van der Waals surface area contributed by atoms with Gasteiger partial charge in [0.15, 0.2) is 6.29 Å². The molecule has 2 unspecified atom stereocenters. The van der Waals surface area contributed by atoms with Crippen LogP contribution in [0.15, 0.2) is 0 Å². The van der Waals surface area contributed by atoms with Crippen molar-refractivity contribution in [2.75, 3.05) is 6.61 Å². The normalized spacial score (nSPS) is 36.3. The van der Waals surface area contributed by atoms with Gasteiger partial charge in [-0.1, -0.05) is 0 Å². The summed E-state index contributed by atoms with van der Waals surface area (Å²) >= 11 is 0. The van der Waals surface area contributed by atoms with Gasteiger partial charge in [-0.25, -0.2) is 0 Å². The first-order valence-corrected chi connectivity index (χ1v) is 3.65. The molecule has 0 saturated carbocycles. The van der Waals surface area contributed by atoms with E-state index in [-0.39, 0.29) is 12.2 Å². The molecule has 0 spiro atoms. The van der Waals surface area contributed by atoms with Crippen LogP contribution in [0.3, 0.4) is 0 Å². The average molecular weight is 146 g/mol. The highest BCUT2D eigenvalue weighted by molar-refractivity contribution is 4.72. The largest absolute Gasteiger partial charge is 0.376 e. The van der Waals surface area contributed by atoms with E-state index in [1.807, 2.05) is 6.92 Å². The second-order valence-corrected chi connectivity index (χ2v) is 2.64. The Morgan fingerprint density at radius 1 is 1.70 bits per heavy atom. The predicted octanol–water partition coefficient (Wildman–Crippen LogP) is 0.519. The van der Waals surface area contributed by atoms with Gasteiger partial charge in [0.1, 0.15) is 0 Å². The topological polar surface area (TPSA) is 38.7 Å². The van der Waals surface area contributed by atoms with Crippen molar-refractivity contribution in [2.45, 2.75) is 38.8 Å². The van der Waals surface area contributed by atoms with Crippen molar-refractivity contribution >= 4 is 0 Å². The molecule has 0 aliphatic carbocycles. The van der Waals surface area contributed by atoms with Crippen LogP contribution >= 0.6 is 0 Å². The zero-order valence-electron chi connectivity index (χ0n) is 6.41. The molecular formula is C7H14O3. The summed E-state index contributed by atoms with van der Waals surface area (Å²) in [7, 11) is 0. The molecular weight excluding hydrogens is 132 g/mol. The van der Waals surface area contributed by atoms with Crippen LogP contribution in [-0.2, 0) is 9.47 Å². The molecule has 60 valence electrons. The minimum absolute atomic E-state index is 0.0833. The number of aliphatic hydroxyl groups excluding tert-OH is 1. The second-order valence-electron chi connectivity index (χ2n) is 2.64. The lowest BCUT2D eigenvalue weighted by Crippen LogP contribution is -2.25. The molecule has 1 fully saturated rings. The molecule has 1 N–H and O–H groups in total. The third-order valence-corrected chi connectivity index (χ3v) is 1.68. The maximum Gasteiger partial charge on any atom is 0.152 e. The van der Waals surface area contributed by atoms with Gasteiger partial charge in [-0.2, -0.15) is 0 Å². The fraction of sp³-hybridized carbons (Fsp3) is 1.00. The van der Waals surface area contributed by atoms with Gasteiger partial charge in [0.05, 0.1) is 12.2 Å². The zero-order valence-corrected chi connectivity index (χ0v) is 6.41. The lowest BCUT2D eigenvalue weighted by molar-refractivity contribution is -0.136. The van der Waals surface area contributed by atoms with E-state index in [2.05, 4.69) is 0 Å². The minimum Gasteiger partial charge on any atom is -0.376 e. The second kappa shape index (κ2) is 3.32. The smallest absolute Gasteiger partial charge is 0.152 e. The molecule has 0 bridgehead atoms. The zero-order chi connectivity index (χ0) is 7.56. The highest BCUT2D eigenvalue weighted by Crippen LogP contribution is 2.16. The number of rotatable bonds is 2. The van der Waals surface area contributed by atoms with E-state index < -0.39 is 6.29 Å². The number of hydrogen-bond donors (Lipinski definition) is 1. The first-order valence-electron chi connectivity index (χ1n) is 3.65. The molecule has 1 aliphatic rings. The van der Waals surface area contributed by atoms with Gasteiger partial charge in [0.2, 0.25) is 0 Å². The SMILES string of the molecule is CC(O)O[C@@H]1CCOC1C. The van der Waals surface area contributed by atoms with Crippen LogP contribution in [0.2, 0.25) is 0 Å².